The number of hydrogen-bond donors (Lipinski definition) is 4. The Hall–Kier alpha value is -2.86. The molecule has 186 valence electrons. The van der Waals surface area contributed by atoms with E-state index in [1.807, 2.05) is 0 Å². The summed E-state index contributed by atoms with van der Waals surface area (Å²) in [5.74, 6) is -5.36. The first-order valence-electron chi connectivity index (χ1n) is 10.7. The fourth-order valence-corrected chi connectivity index (χ4v) is 4.00. The first-order valence-corrected chi connectivity index (χ1v) is 10.7. The monoisotopic (exact) mass is 477 g/mol. The third kappa shape index (κ3) is 6.57. The van der Waals surface area contributed by atoms with E-state index < -0.39 is 59.3 Å². The maximum absolute atomic E-state index is 13.1. The van der Waals surface area contributed by atoms with E-state index in [9.17, 15) is 37.1 Å². The van der Waals surface area contributed by atoms with Crippen molar-refractivity contribution in [1.82, 2.24) is 20.9 Å². The molecule has 5 amide bonds. The highest BCUT2D eigenvalue weighted by atomic mass is 19.4. The number of primary amides is 1. The highest BCUT2D eigenvalue weighted by Gasteiger charge is 2.47. The first-order chi connectivity index (χ1) is 15.1. The normalized spacial score (nSPS) is 23.0. The fraction of sp³-hybridized carbons (Fsp3) is 0.750. The van der Waals surface area contributed by atoms with Crippen LogP contribution in [0.1, 0.15) is 46.5 Å². The van der Waals surface area contributed by atoms with Gasteiger partial charge in [0.25, 0.3) is 0 Å². The number of alkyl halides is 3. The van der Waals surface area contributed by atoms with E-state index in [2.05, 4.69) is 10.6 Å². The van der Waals surface area contributed by atoms with Crippen LogP contribution >= 0.6 is 0 Å². The zero-order chi connectivity index (χ0) is 25.1. The number of halogens is 3. The predicted octanol–water partition coefficient (Wildman–Crippen LogP) is -0.433. The van der Waals surface area contributed by atoms with Crippen LogP contribution in [0.4, 0.5) is 13.2 Å². The van der Waals surface area contributed by atoms with Gasteiger partial charge in [0, 0.05) is 19.0 Å². The van der Waals surface area contributed by atoms with Gasteiger partial charge in [-0.05, 0) is 31.1 Å². The molecule has 0 bridgehead atoms. The van der Waals surface area contributed by atoms with Gasteiger partial charge in [0.2, 0.25) is 23.6 Å². The minimum Gasteiger partial charge on any atom is -0.368 e. The van der Waals surface area contributed by atoms with Crippen molar-refractivity contribution < 1.29 is 37.1 Å². The maximum Gasteiger partial charge on any atom is 0.471 e. The molecule has 2 aliphatic heterocycles. The molecular formula is C20H30F3N5O5. The van der Waals surface area contributed by atoms with Crippen molar-refractivity contribution in [3.8, 4) is 0 Å². The summed E-state index contributed by atoms with van der Waals surface area (Å²) in [6.45, 7) is 5.02. The quantitative estimate of drug-likeness (QED) is 0.392. The second-order valence-corrected chi connectivity index (χ2v) is 9.44. The van der Waals surface area contributed by atoms with Crippen molar-refractivity contribution in [2.75, 3.05) is 13.1 Å². The molecule has 2 rings (SSSR count). The van der Waals surface area contributed by atoms with Gasteiger partial charge in [0.15, 0.2) is 0 Å². The van der Waals surface area contributed by atoms with E-state index in [4.69, 9.17) is 5.73 Å². The average Bonchev–Trinajstić information content (AvgIpc) is 3.32. The zero-order valence-corrected chi connectivity index (χ0v) is 18.8. The SMILES string of the molecule is CC(C)(C)[C@H](NC(=O)C(F)(F)F)C(=O)N1CCC[C@H]1C(=O)N[C@@H](C[C@@H]1CCNC1=O)C(N)=O. The molecular weight excluding hydrogens is 447 g/mol. The van der Waals surface area contributed by atoms with Crippen LogP contribution in [0.25, 0.3) is 0 Å². The summed E-state index contributed by atoms with van der Waals surface area (Å²) in [4.78, 5) is 62.3. The highest BCUT2D eigenvalue weighted by Crippen LogP contribution is 2.27. The van der Waals surface area contributed by atoms with Crippen LogP contribution in [-0.4, -0.2) is 71.8 Å². The number of likely N-dealkylation sites (tertiary alicyclic amines) is 1. The van der Waals surface area contributed by atoms with E-state index in [0.29, 0.717) is 19.4 Å². The molecule has 5 N–H and O–H groups in total. The summed E-state index contributed by atoms with van der Waals surface area (Å²) in [5.41, 5.74) is 4.31. The number of nitrogens with one attached hydrogen (secondary N) is 3. The number of hydrogen-bond acceptors (Lipinski definition) is 5. The van der Waals surface area contributed by atoms with Crippen molar-refractivity contribution in [2.24, 2.45) is 17.1 Å². The van der Waals surface area contributed by atoms with Crippen molar-refractivity contribution in [3.63, 3.8) is 0 Å². The Bertz CT molecular complexity index is 811. The largest absolute Gasteiger partial charge is 0.471 e. The van der Waals surface area contributed by atoms with Gasteiger partial charge >= 0.3 is 12.1 Å². The molecule has 2 heterocycles. The molecule has 10 nitrogen and oxygen atoms in total. The molecule has 2 aliphatic rings. The Kier molecular flexibility index (Phi) is 7.96. The maximum atomic E-state index is 13.1. The van der Waals surface area contributed by atoms with Crippen LogP contribution in [0.3, 0.4) is 0 Å². The molecule has 0 saturated carbocycles. The molecule has 2 fully saturated rings. The summed E-state index contributed by atoms with van der Waals surface area (Å²) in [6.07, 6.45) is -4.07. The number of carbonyl (C=O) groups excluding carboxylic acids is 5. The Morgan fingerprint density at radius 1 is 1.15 bits per heavy atom. The molecule has 33 heavy (non-hydrogen) atoms. The number of nitrogens with two attached hydrogens (primary N) is 1. The van der Waals surface area contributed by atoms with Gasteiger partial charge in [0.1, 0.15) is 18.1 Å². The minimum atomic E-state index is -5.17. The molecule has 0 aromatic carbocycles. The summed E-state index contributed by atoms with van der Waals surface area (Å²) in [5, 5.41) is 6.84. The summed E-state index contributed by atoms with van der Waals surface area (Å²) in [6, 6.07) is -3.73. The third-order valence-corrected chi connectivity index (χ3v) is 5.83. The lowest BCUT2D eigenvalue weighted by atomic mass is 9.85. The molecule has 0 radical (unpaired) electrons. The van der Waals surface area contributed by atoms with Crippen LogP contribution in [-0.2, 0) is 24.0 Å². The Balaban J connectivity index is 2.15. The Morgan fingerprint density at radius 3 is 2.27 bits per heavy atom. The molecule has 4 atom stereocenters. The van der Waals surface area contributed by atoms with Crippen molar-refractivity contribution in [2.45, 2.75) is 70.8 Å². The molecule has 2 saturated heterocycles. The van der Waals surface area contributed by atoms with Crippen LogP contribution in [0.5, 0.6) is 0 Å². The van der Waals surface area contributed by atoms with Crippen LogP contribution in [0.15, 0.2) is 0 Å². The minimum absolute atomic E-state index is 0.000169. The van der Waals surface area contributed by atoms with Gasteiger partial charge in [-0.3, -0.25) is 24.0 Å². The van der Waals surface area contributed by atoms with Crippen LogP contribution in [0.2, 0.25) is 0 Å². The molecule has 0 aliphatic carbocycles. The van der Waals surface area contributed by atoms with E-state index in [-0.39, 0.29) is 25.3 Å². The molecule has 0 unspecified atom stereocenters. The lowest BCUT2D eigenvalue weighted by molar-refractivity contribution is -0.176. The Labute approximate surface area is 189 Å². The van der Waals surface area contributed by atoms with Crippen LogP contribution < -0.4 is 21.7 Å². The lowest BCUT2D eigenvalue weighted by Crippen LogP contribution is -2.60. The van der Waals surface area contributed by atoms with Crippen LogP contribution in [0, 0.1) is 11.3 Å². The summed E-state index contributed by atoms with van der Waals surface area (Å²) >= 11 is 0. The first kappa shape index (κ1) is 26.4. The average molecular weight is 477 g/mol. The standard InChI is InChI=1S/C20H30F3N5O5/c1-19(2,3)13(27-18(33)20(21,22)23)17(32)28-8-4-5-12(28)16(31)26-11(14(24)29)9-10-6-7-25-15(10)30/h10-13H,4-9H2,1-3H3,(H2,24,29)(H,25,30)(H,26,31)(H,27,33)/t10-,11-,12-,13+/m0/s1. The summed E-state index contributed by atoms with van der Waals surface area (Å²) < 4.78 is 38.4. The number of amides is 5. The number of carbonyl (C=O) groups is 5. The molecule has 0 aromatic rings. The van der Waals surface area contributed by atoms with E-state index in [0.717, 1.165) is 4.90 Å². The Morgan fingerprint density at radius 2 is 1.79 bits per heavy atom. The molecule has 0 spiro atoms. The fourth-order valence-electron chi connectivity index (χ4n) is 4.00. The number of rotatable bonds is 7. The van der Waals surface area contributed by atoms with Gasteiger partial charge < -0.3 is 26.6 Å². The van der Waals surface area contributed by atoms with Gasteiger partial charge in [-0.1, -0.05) is 20.8 Å². The second kappa shape index (κ2) is 9.96. The van der Waals surface area contributed by atoms with E-state index in [1.54, 1.807) is 5.32 Å². The topological polar surface area (TPSA) is 151 Å². The van der Waals surface area contributed by atoms with Crippen molar-refractivity contribution in [3.05, 3.63) is 0 Å². The van der Waals surface area contributed by atoms with Gasteiger partial charge in [-0.25, -0.2) is 0 Å². The zero-order valence-electron chi connectivity index (χ0n) is 18.8. The third-order valence-electron chi connectivity index (χ3n) is 5.83. The second-order valence-electron chi connectivity index (χ2n) is 9.44. The van der Waals surface area contributed by atoms with Crippen molar-refractivity contribution >= 4 is 29.5 Å². The van der Waals surface area contributed by atoms with Gasteiger partial charge in [-0.15, -0.1) is 0 Å². The molecule has 0 aromatic heterocycles. The highest BCUT2D eigenvalue weighted by molar-refractivity contribution is 5.95. The smallest absolute Gasteiger partial charge is 0.368 e. The van der Waals surface area contributed by atoms with Gasteiger partial charge in [0.05, 0.1) is 0 Å². The summed E-state index contributed by atoms with van der Waals surface area (Å²) in [7, 11) is 0. The predicted molar refractivity (Wildman–Crippen MR) is 109 cm³/mol. The number of nitrogens with zero attached hydrogens (tertiary/aromatic N) is 1. The molecule has 13 heteroatoms. The van der Waals surface area contributed by atoms with Gasteiger partial charge in [-0.2, -0.15) is 13.2 Å². The lowest BCUT2D eigenvalue weighted by Gasteiger charge is -2.35. The van der Waals surface area contributed by atoms with Crippen molar-refractivity contribution in [1.29, 1.82) is 0 Å². The van der Waals surface area contributed by atoms with E-state index >= 15 is 0 Å². The van der Waals surface area contributed by atoms with E-state index in [1.165, 1.54) is 20.8 Å².